The van der Waals surface area contributed by atoms with Crippen LogP contribution in [-0.4, -0.2) is 15.9 Å². The van der Waals surface area contributed by atoms with Crippen molar-refractivity contribution in [2.45, 2.75) is 0 Å². The monoisotopic (exact) mass is 239 g/mol. The van der Waals surface area contributed by atoms with Gasteiger partial charge in [0.15, 0.2) is 0 Å². The summed E-state index contributed by atoms with van der Waals surface area (Å²) in [7, 11) is 0. The van der Waals surface area contributed by atoms with Crippen molar-refractivity contribution in [2.75, 3.05) is 5.32 Å². The fourth-order valence-corrected chi connectivity index (χ4v) is 1.77. The summed E-state index contributed by atoms with van der Waals surface area (Å²) in [5, 5.41) is 6.51. The highest BCUT2D eigenvalue weighted by molar-refractivity contribution is 7.08. The van der Waals surface area contributed by atoms with Gasteiger partial charge < -0.3 is 5.32 Å². The lowest BCUT2D eigenvalue weighted by Crippen LogP contribution is -2.11. The molecule has 0 saturated heterocycles. The van der Waals surface area contributed by atoms with E-state index in [1.165, 1.54) is 23.7 Å². The smallest absolute Gasteiger partial charge is 0.257 e. The molecule has 1 amide bonds. The minimum Gasteiger partial charge on any atom is -0.306 e. The third kappa shape index (κ3) is 2.51. The van der Waals surface area contributed by atoms with Crippen molar-refractivity contribution in [3.63, 3.8) is 0 Å². The molecule has 0 spiro atoms. The fourth-order valence-electron chi connectivity index (χ4n) is 0.984. The van der Waals surface area contributed by atoms with Gasteiger partial charge in [0.1, 0.15) is 17.3 Å². The lowest BCUT2D eigenvalue weighted by atomic mass is 10.3. The van der Waals surface area contributed by atoms with Gasteiger partial charge in [-0.25, -0.2) is 9.97 Å². The van der Waals surface area contributed by atoms with Crippen LogP contribution in [0.4, 0.5) is 5.82 Å². The van der Waals surface area contributed by atoms with Crippen LogP contribution in [0.5, 0.6) is 0 Å². The molecule has 1 N–H and O–H groups in total. The lowest BCUT2D eigenvalue weighted by Gasteiger charge is -2.01. The van der Waals surface area contributed by atoms with Crippen molar-refractivity contribution in [2.24, 2.45) is 0 Å². The van der Waals surface area contributed by atoms with E-state index in [9.17, 15) is 4.79 Å². The average Bonchev–Trinajstić information content (AvgIpc) is 2.70. The Morgan fingerprint density at radius 1 is 1.47 bits per heavy atom. The van der Waals surface area contributed by atoms with Gasteiger partial charge in [0.2, 0.25) is 0 Å². The zero-order chi connectivity index (χ0) is 10.7. The van der Waals surface area contributed by atoms with E-state index in [-0.39, 0.29) is 5.91 Å². The van der Waals surface area contributed by atoms with Gasteiger partial charge in [0.05, 0.1) is 5.56 Å². The Balaban J connectivity index is 2.13. The van der Waals surface area contributed by atoms with E-state index in [2.05, 4.69) is 15.3 Å². The molecule has 0 aliphatic heterocycles. The van der Waals surface area contributed by atoms with Gasteiger partial charge in [0.25, 0.3) is 5.91 Å². The van der Waals surface area contributed by atoms with Gasteiger partial charge in [-0.3, -0.25) is 4.79 Å². The molecule has 0 bridgehead atoms. The Kier molecular flexibility index (Phi) is 2.94. The van der Waals surface area contributed by atoms with E-state index in [1.807, 2.05) is 5.38 Å². The molecule has 0 aliphatic carbocycles. The van der Waals surface area contributed by atoms with Crippen LogP contribution in [0, 0.1) is 0 Å². The van der Waals surface area contributed by atoms with E-state index in [1.54, 1.807) is 11.4 Å². The number of amides is 1. The molecule has 2 rings (SSSR count). The average molecular weight is 240 g/mol. The molecule has 0 radical (unpaired) electrons. The lowest BCUT2D eigenvalue weighted by molar-refractivity contribution is 0.102. The largest absolute Gasteiger partial charge is 0.306 e. The maximum Gasteiger partial charge on any atom is 0.257 e. The molecule has 76 valence electrons. The van der Waals surface area contributed by atoms with Crippen molar-refractivity contribution < 1.29 is 4.79 Å². The SMILES string of the molecule is O=C(Nc1cc(Cl)ncn1)c1ccsc1. The Morgan fingerprint density at radius 3 is 3.00 bits per heavy atom. The molecule has 2 heterocycles. The number of hydrogen-bond donors (Lipinski definition) is 1. The highest BCUT2D eigenvalue weighted by Crippen LogP contribution is 2.11. The minimum atomic E-state index is -0.203. The molecule has 2 aromatic rings. The number of halogens is 1. The second-order valence-corrected chi connectivity index (χ2v) is 3.86. The van der Waals surface area contributed by atoms with Crippen LogP contribution < -0.4 is 5.32 Å². The van der Waals surface area contributed by atoms with Crippen LogP contribution in [0.15, 0.2) is 29.2 Å². The van der Waals surface area contributed by atoms with Crippen LogP contribution in [-0.2, 0) is 0 Å². The number of carbonyl (C=O) groups is 1. The number of thiophene rings is 1. The van der Waals surface area contributed by atoms with Crippen LogP contribution in [0.2, 0.25) is 5.15 Å². The van der Waals surface area contributed by atoms with Crippen molar-refractivity contribution >= 4 is 34.7 Å². The molecule has 2 aromatic heterocycles. The topological polar surface area (TPSA) is 54.9 Å². The summed E-state index contributed by atoms with van der Waals surface area (Å²) >= 11 is 7.11. The summed E-state index contributed by atoms with van der Waals surface area (Å²) in [6, 6.07) is 3.23. The van der Waals surface area contributed by atoms with Crippen molar-refractivity contribution in [1.29, 1.82) is 0 Å². The number of aromatic nitrogens is 2. The summed E-state index contributed by atoms with van der Waals surface area (Å²) in [5.74, 6) is 0.192. The molecule has 15 heavy (non-hydrogen) atoms. The number of carbonyl (C=O) groups excluding carboxylic acids is 1. The molecule has 0 fully saturated rings. The molecule has 0 aromatic carbocycles. The number of rotatable bonds is 2. The first-order valence-corrected chi connectivity index (χ1v) is 5.39. The number of nitrogens with one attached hydrogen (secondary N) is 1. The summed E-state index contributed by atoms with van der Waals surface area (Å²) < 4.78 is 0. The second kappa shape index (κ2) is 4.37. The van der Waals surface area contributed by atoms with E-state index in [4.69, 9.17) is 11.6 Å². The Labute approximate surface area is 94.9 Å². The molecule has 0 atom stereocenters. The predicted octanol–water partition coefficient (Wildman–Crippen LogP) is 2.44. The maximum atomic E-state index is 11.6. The molecule has 4 nitrogen and oxygen atoms in total. The van der Waals surface area contributed by atoms with E-state index >= 15 is 0 Å². The van der Waals surface area contributed by atoms with Gasteiger partial charge in [-0.1, -0.05) is 11.6 Å². The highest BCUT2D eigenvalue weighted by atomic mass is 35.5. The molecule has 6 heteroatoms. The molecular formula is C9H6ClN3OS. The van der Waals surface area contributed by atoms with Gasteiger partial charge in [-0.2, -0.15) is 11.3 Å². The summed E-state index contributed by atoms with van der Waals surface area (Å²) in [4.78, 5) is 19.2. The van der Waals surface area contributed by atoms with E-state index in [0.717, 1.165) is 0 Å². The maximum absolute atomic E-state index is 11.6. The third-order valence-corrected chi connectivity index (χ3v) is 2.55. The van der Waals surface area contributed by atoms with Crippen LogP contribution >= 0.6 is 22.9 Å². The number of nitrogens with zero attached hydrogens (tertiary/aromatic N) is 2. The molecular weight excluding hydrogens is 234 g/mol. The summed E-state index contributed by atoms with van der Waals surface area (Å²) in [6.07, 6.45) is 1.30. The Bertz CT molecular complexity index is 472. The Hall–Kier alpha value is -1.46. The van der Waals surface area contributed by atoms with Gasteiger partial charge >= 0.3 is 0 Å². The zero-order valence-corrected chi connectivity index (χ0v) is 9.05. The van der Waals surface area contributed by atoms with E-state index in [0.29, 0.717) is 16.5 Å². The van der Waals surface area contributed by atoms with Crippen molar-refractivity contribution in [1.82, 2.24) is 9.97 Å². The van der Waals surface area contributed by atoms with Gasteiger partial charge in [0, 0.05) is 11.4 Å². The summed E-state index contributed by atoms with van der Waals surface area (Å²) in [5.41, 5.74) is 0.606. The normalized spacial score (nSPS) is 9.93. The fraction of sp³-hybridized carbons (Fsp3) is 0. The Morgan fingerprint density at radius 2 is 2.33 bits per heavy atom. The van der Waals surface area contributed by atoms with Crippen LogP contribution in [0.1, 0.15) is 10.4 Å². The standard InChI is InChI=1S/C9H6ClN3OS/c10-7-3-8(12-5-11-7)13-9(14)6-1-2-15-4-6/h1-5H,(H,11,12,13,14). The minimum absolute atomic E-state index is 0.203. The molecule has 0 unspecified atom stereocenters. The number of anilines is 1. The first kappa shape index (κ1) is 10.1. The van der Waals surface area contributed by atoms with Crippen LogP contribution in [0.25, 0.3) is 0 Å². The van der Waals surface area contributed by atoms with Gasteiger partial charge in [-0.05, 0) is 11.4 Å². The highest BCUT2D eigenvalue weighted by Gasteiger charge is 2.06. The third-order valence-electron chi connectivity index (χ3n) is 1.66. The number of hydrogen-bond acceptors (Lipinski definition) is 4. The summed E-state index contributed by atoms with van der Waals surface area (Å²) in [6.45, 7) is 0. The zero-order valence-electron chi connectivity index (χ0n) is 7.48. The first-order valence-electron chi connectivity index (χ1n) is 4.07. The van der Waals surface area contributed by atoms with Crippen LogP contribution in [0.3, 0.4) is 0 Å². The predicted molar refractivity (Wildman–Crippen MR) is 59.3 cm³/mol. The van der Waals surface area contributed by atoms with Crippen molar-refractivity contribution in [3.05, 3.63) is 39.9 Å². The van der Waals surface area contributed by atoms with E-state index < -0.39 is 0 Å². The molecule has 0 saturated carbocycles. The second-order valence-electron chi connectivity index (χ2n) is 2.69. The quantitative estimate of drug-likeness (QED) is 0.819. The molecule has 0 aliphatic rings. The van der Waals surface area contributed by atoms with Crippen molar-refractivity contribution in [3.8, 4) is 0 Å². The van der Waals surface area contributed by atoms with Gasteiger partial charge in [-0.15, -0.1) is 0 Å². The first-order chi connectivity index (χ1) is 7.25.